The second-order valence-electron chi connectivity index (χ2n) is 5.43. The molecule has 0 fully saturated rings. The number of hydrogen-bond acceptors (Lipinski definition) is 5. The molecule has 0 spiro atoms. The standard InChI is InChI=1S/C14H18N4OS/c1-8(2)15-14-18-17-13(20-14)10-7-9-5-3-4-6-11(9)16-12(10)19/h7-8H,3-6H2,1-2H3,(H,15,18)(H,16,19). The molecule has 20 heavy (non-hydrogen) atoms. The molecule has 0 radical (unpaired) electrons. The molecule has 6 heteroatoms. The fraction of sp³-hybridized carbons (Fsp3) is 0.500. The fourth-order valence-electron chi connectivity index (χ4n) is 2.47. The van der Waals surface area contributed by atoms with E-state index in [0.29, 0.717) is 16.6 Å². The van der Waals surface area contributed by atoms with Crippen molar-refractivity contribution in [3.63, 3.8) is 0 Å². The van der Waals surface area contributed by atoms with Crippen LogP contribution >= 0.6 is 11.3 Å². The van der Waals surface area contributed by atoms with Crippen molar-refractivity contribution < 1.29 is 0 Å². The number of hydrogen-bond donors (Lipinski definition) is 2. The number of H-pyrrole nitrogens is 1. The second kappa shape index (κ2) is 5.36. The topological polar surface area (TPSA) is 70.7 Å². The molecule has 0 atom stereocenters. The van der Waals surface area contributed by atoms with Crippen LogP contribution in [-0.4, -0.2) is 21.2 Å². The summed E-state index contributed by atoms with van der Waals surface area (Å²) in [5.74, 6) is 0. The van der Waals surface area contributed by atoms with Crippen LogP contribution in [0.15, 0.2) is 10.9 Å². The summed E-state index contributed by atoms with van der Waals surface area (Å²) in [6, 6.07) is 2.30. The lowest BCUT2D eigenvalue weighted by atomic mass is 9.95. The van der Waals surface area contributed by atoms with Gasteiger partial charge in [0.25, 0.3) is 5.56 Å². The molecular weight excluding hydrogens is 272 g/mol. The summed E-state index contributed by atoms with van der Waals surface area (Å²) in [7, 11) is 0. The Labute approximate surface area is 121 Å². The summed E-state index contributed by atoms with van der Waals surface area (Å²) >= 11 is 1.43. The first-order chi connectivity index (χ1) is 9.63. The Morgan fingerprint density at radius 1 is 1.30 bits per heavy atom. The summed E-state index contributed by atoms with van der Waals surface area (Å²) in [6.07, 6.45) is 4.36. The van der Waals surface area contributed by atoms with Crippen LogP contribution in [0.5, 0.6) is 0 Å². The first kappa shape index (κ1) is 13.3. The van der Waals surface area contributed by atoms with E-state index < -0.39 is 0 Å². The molecule has 0 unspecified atom stereocenters. The van der Waals surface area contributed by atoms with Crippen LogP contribution in [0.25, 0.3) is 10.6 Å². The summed E-state index contributed by atoms with van der Waals surface area (Å²) < 4.78 is 0. The number of fused-ring (bicyclic) bond motifs is 1. The van der Waals surface area contributed by atoms with Gasteiger partial charge in [-0.3, -0.25) is 4.79 Å². The normalized spacial score (nSPS) is 14.3. The third kappa shape index (κ3) is 2.60. The van der Waals surface area contributed by atoms with Crippen molar-refractivity contribution in [1.29, 1.82) is 0 Å². The fourth-order valence-corrected chi connectivity index (χ4v) is 3.37. The Kier molecular flexibility index (Phi) is 3.56. The maximum Gasteiger partial charge on any atom is 0.258 e. The minimum absolute atomic E-state index is 0.0575. The van der Waals surface area contributed by atoms with E-state index in [1.165, 1.54) is 23.3 Å². The van der Waals surface area contributed by atoms with Gasteiger partial charge in [0.1, 0.15) is 0 Å². The van der Waals surface area contributed by atoms with E-state index in [0.717, 1.165) is 30.1 Å². The molecule has 0 bridgehead atoms. The molecule has 2 aromatic heterocycles. The number of rotatable bonds is 3. The van der Waals surface area contributed by atoms with Crippen LogP contribution in [0.2, 0.25) is 0 Å². The van der Waals surface area contributed by atoms with Gasteiger partial charge in [-0.05, 0) is 51.2 Å². The van der Waals surface area contributed by atoms with Crippen LogP contribution < -0.4 is 10.9 Å². The van der Waals surface area contributed by atoms with Crippen LogP contribution in [-0.2, 0) is 12.8 Å². The van der Waals surface area contributed by atoms with Gasteiger partial charge in [-0.25, -0.2) is 0 Å². The van der Waals surface area contributed by atoms with Gasteiger partial charge in [-0.15, -0.1) is 10.2 Å². The lowest BCUT2D eigenvalue weighted by Gasteiger charge is -2.15. The Bertz CT molecular complexity index is 674. The van der Waals surface area contributed by atoms with E-state index in [9.17, 15) is 4.79 Å². The highest BCUT2D eigenvalue weighted by atomic mass is 32.1. The number of aromatic amines is 1. The zero-order valence-electron chi connectivity index (χ0n) is 11.7. The minimum Gasteiger partial charge on any atom is -0.358 e. The molecule has 2 N–H and O–H groups in total. The van der Waals surface area contributed by atoms with Crippen LogP contribution in [0.4, 0.5) is 5.13 Å². The van der Waals surface area contributed by atoms with E-state index >= 15 is 0 Å². The van der Waals surface area contributed by atoms with Crippen LogP contribution in [0, 0.1) is 0 Å². The van der Waals surface area contributed by atoms with Crippen molar-refractivity contribution in [2.24, 2.45) is 0 Å². The van der Waals surface area contributed by atoms with E-state index in [-0.39, 0.29) is 5.56 Å². The molecule has 3 rings (SSSR count). The lowest BCUT2D eigenvalue weighted by molar-refractivity contribution is 0.665. The average Bonchev–Trinajstić information content (AvgIpc) is 2.85. The van der Waals surface area contributed by atoms with Crippen molar-refractivity contribution in [3.8, 4) is 10.6 Å². The monoisotopic (exact) mass is 290 g/mol. The highest BCUT2D eigenvalue weighted by Gasteiger charge is 2.16. The van der Waals surface area contributed by atoms with E-state index in [1.807, 2.05) is 19.9 Å². The van der Waals surface area contributed by atoms with Gasteiger partial charge >= 0.3 is 0 Å². The summed E-state index contributed by atoms with van der Waals surface area (Å²) in [6.45, 7) is 4.10. The summed E-state index contributed by atoms with van der Waals surface area (Å²) in [5.41, 5.74) is 2.92. The lowest BCUT2D eigenvalue weighted by Crippen LogP contribution is -2.16. The average molecular weight is 290 g/mol. The van der Waals surface area contributed by atoms with E-state index in [4.69, 9.17) is 0 Å². The Morgan fingerprint density at radius 2 is 2.10 bits per heavy atom. The van der Waals surface area contributed by atoms with Gasteiger partial charge in [-0.1, -0.05) is 11.3 Å². The van der Waals surface area contributed by atoms with Crippen molar-refractivity contribution in [2.75, 3.05) is 5.32 Å². The highest BCUT2D eigenvalue weighted by molar-refractivity contribution is 7.18. The molecule has 0 aliphatic heterocycles. The van der Waals surface area contributed by atoms with Crippen LogP contribution in [0.1, 0.15) is 37.9 Å². The van der Waals surface area contributed by atoms with Gasteiger partial charge in [-0.2, -0.15) is 0 Å². The smallest absolute Gasteiger partial charge is 0.258 e. The molecule has 0 aromatic carbocycles. The number of aromatic nitrogens is 3. The molecule has 0 saturated heterocycles. The van der Waals surface area contributed by atoms with Gasteiger partial charge in [0, 0.05) is 11.7 Å². The Morgan fingerprint density at radius 3 is 2.90 bits per heavy atom. The SMILES string of the molecule is CC(C)Nc1nnc(-c2cc3c([nH]c2=O)CCCC3)s1. The van der Waals surface area contributed by atoms with Crippen molar-refractivity contribution in [2.45, 2.75) is 45.6 Å². The molecular formula is C14H18N4OS. The Balaban J connectivity index is 1.97. The van der Waals surface area contributed by atoms with E-state index in [2.05, 4.69) is 20.5 Å². The predicted molar refractivity (Wildman–Crippen MR) is 81.4 cm³/mol. The molecule has 1 aliphatic rings. The van der Waals surface area contributed by atoms with E-state index in [1.54, 1.807) is 0 Å². The summed E-state index contributed by atoms with van der Waals surface area (Å²) in [5, 5.41) is 12.9. The molecule has 106 valence electrons. The van der Waals surface area contributed by atoms with Crippen molar-refractivity contribution in [1.82, 2.24) is 15.2 Å². The number of pyridine rings is 1. The molecule has 0 saturated carbocycles. The molecule has 1 aliphatic carbocycles. The quantitative estimate of drug-likeness (QED) is 0.911. The number of anilines is 1. The molecule has 2 aromatic rings. The third-order valence-electron chi connectivity index (χ3n) is 3.41. The zero-order valence-corrected chi connectivity index (χ0v) is 12.5. The first-order valence-electron chi connectivity index (χ1n) is 6.99. The maximum atomic E-state index is 12.2. The predicted octanol–water partition coefficient (Wildman–Crippen LogP) is 2.59. The zero-order chi connectivity index (χ0) is 14.1. The van der Waals surface area contributed by atoms with Gasteiger partial charge < -0.3 is 10.3 Å². The van der Waals surface area contributed by atoms with Crippen molar-refractivity contribution >= 4 is 16.5 Å². The molecule has 2 heterocycles. The maximum absolute atomic E-state index is 12.2. The summed E-state index contributed by atoms with van der Waals surface area (Å²) in [4.78, 5) is 15.2. The number of nitrogens with one attached hydrogen (secondary N) is 2. The first-order valence-corrected chi connectivity index (χ1v) is 7.80. The molecule has 0 amide bonds. The van der Waals surface area contributed by atoms with Gasteiger partial charge in [0.2, 0.25) is 5.13 Å². The van der Waals surface area contributed by atoms with Gasteiger partial charge in [0.15, 0.2) is 5.01 Å². The van der Waals surface area contributed by atoms with Gasteiger partial charge in [0.05, 0.1) is 5.56 Å². The highest BCUT2D eigenvalue weighted by Crippen LogP contribution is 2.27. The number of aryl methyl sites for hydroxylation is 2. The van der Waals surface area contributed by atoms with Crippen molar-refractivity contribution in [3.05, 3.63) is 27.7 Å². The molecule has 5 nitrogen and oxygen atoms in total. The minimum atomic E-state index is -0.0575. The van der Waals surface area contributed by atoms with Crippen LogP contribution in [0.3, 0.4) is 0 Å². The Hall–Kier alpha value is -1.69. The number of nitrogens with zero attached hydrogens (tertiary/aromatic N) is 2. The largest absolute Gasteiger partial charge is 0.358 e. The second-order valence-corrected chi connectivity index (χ2v) is 6.41. The third-order valence-corrected chi connectivity index (χ3v) is 4.29.